The van der Waals surface area contributed by atoms with E-state index >= 15 is 0 Å². The smallest absolute Gasteiger partial charge is 0.271 e. The number of methoxy groups -OCH3 is 1. The van der Waals surface area contributed by atoms with Crippen LogP contribution in [0, 0.1) is 10.1 Å². The molecule has 0 radical (unpaired) electrons. The molecule has 1 atom stereocenters. The van der Waals surface area contributed by atoms with E-state index in [1.54, 1.807) is 18.0 Å². The first-order valence-corrected chi connectivity index (χ1v) is 6.03. The van der Waals surface area contributed by atoms with Crippen molar-refractivity contribution in [3.05, 3.63) is 28.3 Å². The van der Waals surface area contributed by atoms with Crippen LogP contribution in [0.1, 0.15) is 0 Å². The Bertz CT molecular complexity index is 613. The Kier molecular flexibility index (Phi) is 4.16. The fraction of sp³-hybridized carbons (Fsp3) is 0.417. The summed E-state index contributed by atoms with van der Waals surface area (Å²) in [5, 5.41) is 20.4. The molecule has 8 nitrogen and oxygen atoms in total. The molecular formula is C12H16N4O4. The second-order valence-corrected chi connectivity index (χ2v) is 4.51. The first-order chi connectivity index (χ1) is 9.51. The van der Waals surface area contributed by atoms with Gasteiger partial charge in [0, 0.05) is 32.8 Å². The SMILES string of the molecule is COCC(O)CN(C)c1nc2ccc([N+](=O)[O-])cc2[nH]1. The van der Waals surface area contributed by atoms with Gasteiger partial charge in [-0.1, -0.05) is 0 Å². The van der Waals surface area contributed by atoms with Crippen molar-refractivity contribution in [1.82, 2.24) is 9.97 Å². The van der Waals surface area contributed by atoms with Gasteiger partial charge < -0.3 is 19.7 Å². The van der Waals surface area contributed by atoms with E-state index in [2.05, 4.69) is 9.97 Å². The molecule has 1 aromatic heterocycles. The van der Waals surface area contributed by atoms with Crippen molar-refractivity contribution in [2.45, 2.75) is 6.10 Å². The molecule has 2 N–H and O–H groups in total. The minimum absolute atomic E-state index is 0.00905. The summed E-state index contributed by atoms with van der Waals surface area (Å²) in [6, 6.07) is 4.44. The first kappa shape index (κ1) is 14.2. The average molecular weight is 280 g/mol. The predicted octanol–water partition coefficient (Wildman–Crippen LogP) is 0.915. The zero-order valence-corrected chi connectivity index (χ0v) is 11.2. The van der Waals surface area contributed by atoms with Gasteiger partial charge in [-0.05, 0) is 6.07 Å². The molecule has 1 heterocycles. The molecule has 0 aliphatic rings. The number of aromatic amines is 1. The van der Waals surface area contributed by atoms with E-state index in [0.29, 0.717) is 23.5 Å². The van der Waals surface area contributed by atoms with E-state index in [1.165, 1.54) is 19.2 Å². The summed E-state index contributed by atoms with van der Waals surface area (Å²) in [5.74, 6) is 0.538. The molecule has 0 fully saturated rings. The molecule has 8 heteroatoms. The van der Waals surface area contributed by atoms with Gasteiger partial charge in [0.1, 0.15) is 0 Å². The van der Waals surface area contributed by atoms with Crippen LogP contribution >= 0.6 is 0 Å². The number of likely N-dealkylation sites (N-methyl/N-ethyl adjacent to an activating group) is 1. The van der Waals surface area contributed by atoms with Crippen LogP contribution in [-0.2, 0) is 4.74 Å². The Labute approximate surface area is 115 Å². The van der Waals surface area contributed by atoms with Crippen LogP contribution in [0.5, 0.6) is 0 Å². The molecular weight excluding hydrogens is 264 g/mol. The Morgan fingerprint density at radius 2 is 2.35 bits per heavy atom. The van der Waals surface area contributed by atoms with Crippen molar-refractivity contribution in [3.8, 4) is 0 Å². The number of rotatable bonds is 6. The summed E-state index contributed by atoms with van der Waals surface area (Å²) in [7, 11) is 3.29. The van der Waals surface area contributed by atoms with Gasteiger partial charge in [-0.15, -0.1) is 0 Å². The maximum absolute atomic E-state index is 10.7. The van der Waals surface area contributed by atoms with E-state index in [1.807, 2.05) is 0 Å². The van der Waals surface area contributed by atoms with Gasteiger partial charge in [0.25, 0.3) is 5.69 Å². The summed E-state index contributed by atoms with van der Waals surface area (Å²) in [6.45, 7) is 0.575. The molecule has 20 heavy (non-hydrogen) atoms. The van der Waals surface area contributed by atoms with Crippen LogP contribution in [0.15, 0.2) is 18.2 Å². The molecule has 1 unspecified atom stereocenters. The highest BCUT2D eigenvalue weighted by Gasteiger charge is 2.14. The van der Waals surface area contributed by atoms with Crippen LogP contribution < -0.4 is 4.90 Å². The Morgan fingerprint density at radius 1 is 1.60 bits per heavy atom. The number of nitrogens with one attached hydrogen (secondary N) is 1. The molecule has 1 aromatic carbocycles. The Balaban J connectivity index is 2.20. The van der Waals surface area contributed by atoms with E-state index in [9.17, 15) is 15.2 Å². The van der Waals surface area contributed by atoms with Crippen molar-refractivity contribution in [2.24, 2.45) is 0 Å². The summed E-state index contributed by atoms with van der Waals surface area (Å²) >= 11 is 0. The maximum Gasteiger partial charge on any atom is 0.271 e. The third-order valence-electron chi connectivity index (χ3n) is 2.87. The molecule has 2 rings (SSSR count). The summed E-state index contributed by atoms with van der Waals surface area (Å²) in [4.78, 5) is 19.3. The number of non-ortho nitro benzene ring substituents is 1. The van der Waals surface area contributed by atoms with Crippen molar-refractivity contribution in [1.29, 1.82) is 0 Å². The lowest BCUT2D eigenvalue weighted by atomic mass is 10.3. The number of aliphatic hydroxyl groups is 1. The second kappa shape index (κ2) is 5.85. The van der Waals surface area contributed by atoms with Crippen LogP contribution in [0.25, 0.3) is 11.0 Å². The lowest BCUT2D eigenvalue weighted by molar-refractivity contribution is -0.384. The van der Waals surface area contributed by atoms with Crippen molar-refractivity contribution in [2.75, 3.05) is 32.2 Å². The average Bonchev–Trinajstić information content (AvgIpc) is 2.81. The molecule has 0 spiro atoms. The molecule has 0 aliphatic heterocycles. The minimum Gasteiger partial charge on any atom is -0.389 e. The summed E-state index contributed by atoms with van der Waals surface area (Å²) in [6.07, 6.45) is -0.632. The number of aliphatic hydroxyl groups excluding tert-OH is 1. The van der Waals surface area contributed by atoms with Crippen LogP contribution in [0.2, 0.25) is 0 Å². The molecule has 0 amide bonds. The Hall–Kier alpha value is -2.19. The summed E-state index contributed by atoms with van der Waals surface area (Å²) in [5.41, 5.74) is 1.23. The highest BCUT2D eigenvalue weighted by atomic mass is 16.6. The van der Waals surface area contributed by atoms with Gasteiger partial charge in [0.05, 0.1) is 28.7 Å². The van der Waals surface area contributed by atoms with Gasteiger partial charge in [-0.25, -0.2) is 4.98 Å². The number of nitrogens with zero attached hydrogens (tertiary/aromatic N) is 3. The number of fused-ring (bicyclic) bond motifs is 1. The van der Waals surface area contributed by atoms with E-state index in [0.717, 1.165) is 0 Å². The zero-order chi connectivity index (χ0) is 14.7. The van der Waals surface area contributed by atoms with Gasteiger partial charge in [0.15, 0.2) is 0 Å². The van der Waals surface area contributed by atoms with E-state index in [4.69, 9.17) is 4.74 Å². The van der Waals surface area contributed by atoms with Gasteiger partial charge in [-0.2, -0.15) is 0 Å². The topological polar surface area (TPSA) is 105 Å². The fourth-order valence-electron chi connectivity index (χ4n) is 1.93. The summed E-state index contributed by atoms with van der Waals surface area (Å²) < 4.78 is 4.86. The second-order valence-electron chi connectivity index (χ2n) is 4.51. The number of hydrogen-bond donors (Lipinski definition) is 2. The molecule has 2 aromatic rings. The number of nitro benzene ring substituents is 1. The van der Waals surface area contributed by atoms with E-state index in [-0.39, 0.29) is 12.3 Å². The third kappa shape index (κ3) is 3.03. The number of H-pyrrole nitrogens is 1. The molecule has 108 valence electrons. The van der Waals surface area contributed by atoms with Gasteiger partial charge >= 0.3 is 0 Å². The molecule has 0 saturated carbocycles. The van der Waals surface area contributed by atoms with Crippen molar-refractivity contribution < 1.29 is 14.8 Å². The number of imidazole rings is 1. The largest absolute Gasteiger partial charge is 0.389 e. The number of anilines is 1. The molecule has 0 saturated heterocycles. The number of benzene rings is 1. The fourth-order valence-corrected chi connectivity index (χ4v) is 1.93. The van der Waals surface area contributed by atoms with Crippen LogP contribution in [-0.4, -0.2) is 53.4 Å². The molecule has 0 aliphatic carbocycles. The van der Waals surface area contributed by atoms with Crippen LogP contribution in [0.4, 0.5) is 11.6 Å². The highest BCUT2D eigenvalue weighted by molar-refractivity contribution is 5.80. The molecule has 0 bridgehead atoms. The standard InChI is InChI=1S/C12H16N4O4/c1-15(6-9(17)7-20-2)12-13-10-4-3-8(16(18)19)5-11(10)14-12/h3-5,9,17H,6-7H2,1-2H3,(H,13,14). The van der Waals surface area contributed by atoms with E-state index < -0.39 is 11.0 Å². The lowest BCUT2D eigenvalue weighted by Gasteiger charge is -2.19. The minimum atomic E-state index is -0.632. The van der Waals surface area contributed by atoms with Crippen LogP contribution in [0.3, 0.4) is 0 Å². The number of aromatic nitrogens is 2. The lowest BCUT2D eigenvalue weighted by Crippen LogP contribution is -2.32. The normalized spacial score (nSPS) is 12.6. The van der Waals surface area contributed by atoms with Crippen molar-refractivity contribution >= 4 is 22.7 Å². The quantitative estimate of drug-likeness (QED) is 0.602. The zero-order valence-electron chi connectivity index (χ0n) is 11.2. The van der Waals surface area contributed by atoms with Gasteiger partial charge in [0.2, 0.25) is 5.95 Å². The monoisotopic (exact) mass is 280 g/mol. The number of ether oxygens (including phenoxy) is 1. The third-order valence-corrected chi connectivity index (χ3v) is 2.87. The number of nitro groups is 1. The van der Waals surface area contributed by atoms with Gasteiger partial charge in [-0.3, -0.25) is 10.1 Å². The number of hydrogen-bond acceptors (Lipinski definition) is 6. The van der Waals surface area contributed by atoms with Crippen molar-refractivity contribution in [3.63, 3.8) is 0 Å². The first-order valence-electron chi connectivity index (χ1n) is 6.03. The highest BCUT2D eigenvalue weighted by Crippen LogP contribution is 2.21. The maximum atomic E-state index is 10.7. The predicted molar refractivity (Wildman–Crippen MR) is 73.9 cm³/mol. The Morgan fingerprint density at radius 3 is 3.00 bits per heavy atom.